The van der Waals surface area contributed by atoms with Gasteiger partial charge < -0.3 is 9.47 Å². The van der Waals surface area contributed by atoms with Crippen molar-refractivity contribution in [1.82, 2.24) is 4.98 Å². The second-order valence-electron chi connectivity index (χ2n) is 6.19. The largest absolute Gasteiger partial charge is 0.493 e. The summed E-state index contributed by atoms with van der Waals surface area (Å²) in [6, 6.07) is 25.5. The number of aromatic nitrogens is 1. The summed E-state index contributed by atoms with van der Waals surface area (Å²) in [5.74, 6) is 0.442. The normalized spacial score (nSPS) is 10.8. The van der Waals surface area contributed by atoms with E-state index in [4.69, 9.17) is 14.5 Å². The zero-order chi connectivity index (χ0) is 18.5. The summed E-state index contributed by atoms with van der Waals surface area (Å²) in [4.78, 5) is 16.8. The van der Waals surface area contributed by atoms with E-state index in [0.29, 0.717) is 0 Å². The van der Waals surface area contributed by atoms with Crippen molar-refractivity contribution in [1.29, 1.82) is 0 Å². The van der Waals surface area contributed by atoms with Gasteiger partial charge in [-0.3, -0.25) is 4.79 Å². The second kappa shape index (κ2) is 7.87. The van der Waals surface area contributed by atoms with Gasteiger partial charge in [0.25, 0.3) is 0 Å². The van der Waals surface area contributed by atoms with Crippen LogP contribution in [0.1, 0.15) is 12.1 Å². The molecule has 1 aromatic heterocycles. The lowest BCUT2D eigenvalue weighted by Gasteiger charge is -2.10. The number of benzene rings is 3. The van der Waals surface area contributed by atoms with Gasteiger partial charge in [0, 0.05) is 10.8 Å². The van der Waals surface area contributed by atoms with Crippen molar-refractivity contribution < 1.29 is 14.3 Å². The molecule has 0 N–H and O–H groups in total. The Labute approximate surface area is 157 Å². The quantitative estimate of drug-likeness (QED) is 0.364. The molecule has 0 saturated carbocycles. The van der Waals surface area contributed by atoms with Gasteiger partial charge in [-0.2, -0.15) is 0 Å². The number of hydrogen-bond donors (Lipinski definition) is 0. The summed E-state index contributed by atoms with van der Waals surface area (Å²) in [6.45, 7) is 0.435. The minimum Gasteiger partial charge on any atom is -0.493 e. The zero-order valence-corrected chi connectivity index (χ0v) is 14.8. The molecule has 0 unspecified atom stereocenters. The molecule has 4 aromatic rings. The van der Waals surface area contributed by atoms with Crippen LogP contribution in [-0.4, -0.2) is 17.6 Å². The predicted octanol–water partition coefficient (Wildman–Crippen LogP) is 4.90. The Morgan fingerprint density at radius 1 is 0.778 bits per heavy atom. The number of para-hydroxylation sites is 2. The van der Waals surface area contributed by atoms with Crippen LogP contribution in [0.25, 0.3) is 21.7 Å². The van der Waals surface area contributed by atoms with Crippen molar-refractivity contribution in [2.45, 2.75) is 13.0 Å². The van der Waals surface area contributed by atoms with E-state index in [-0.39, 0.29) is 25.6 Å². The number of esters is 1. The van der Waals surface area contributed by atoms with E-state index in [1.54, 1.807) is 0 Å². The van der Waals surface area contributed by atoms with Crippen LogP contribution < -0.4 is 4.74 Å². The Balaban J connectivity index is 1.44. The maximum absolute atomic E-state index is 12.1. The molecule has 0 amide bonds. The lowest BCUT2D eigenvalue weighted by Crippen LogP contribution is -2.10. The Bertz CT molecular complexity index is 1080. The third kappa shape index (κ3) is 3.90. The number of ether oxygens (including phenoxy) is 2. The number of rotatable bonds is 6. The van der Waals surface area contributed by atoms with Gasteiger partial charge in [0.15, 0.2) is 0 Å². The lowest BCUT2D eigenvalue weighted by atomic mass is 10.0. The molecular formula is C23H19NO3. The molecule has 134 valence electrons. The third-order valence-electron chi connectivity index (χ3n) is 4.38. The molecule has 4 nitrogen and oxygen atoms in total. The molecule has 3 aromatic carbocycles. The van der Waals surface area contributed by atoms with Gasteiger partial charge in [-0.1, -0.05) is 60.7 Å². The monoisotopic (exact) mass is 357 g/mol. The van der Waals surface area contributed by atoms with Crippen LogP contribution in [0.15, 0.2) is 78.9 Å². The van der Waals surface area contributed by atoms with E-state index >= 15 is 0 Å². The molecule has 0 radical (unpaired) electrons. The number of fused-ring (bicyclic) bond motifs is 3. The fourth-order valence-corrected chi connectivity index (χ4v) is 3.07. The fourth-order valence-electron chi connectivity index (χ4n) is 3.07. The minimum absolute atomic E-state index is 0.148. The summed E-state index contributed by atoms with van der Waals surface area (Å²) < 4.78 is 11.0. The molecule has 0 fully saturated rings. The van der Waals surface area contributed by atoms with Gasteiger partial charge in [-0.15, -0.1) is 0 Å². The average molecular weight is 357 g/mol. The van der Waals surface area contributed by atoms with Gasteiger partial charge in [-0.25, -0.2) is 4.98 Å². The number of hydrogen-bond acceptors (Lipinski definition) is 4. The van der Waals surface area contributed by atoms with E-state index in [1.165, 1.54) is 0 Å². The highest BCUT2D eigenvalue weighted by Gasteiger charge is 2.10. The van der Waals surface area contributed by atoms with Crippen LogP contribution in [0.3, 0.4) is 0 Å². The average Bonchev–Trinajstić information content (AvgIpc) is 2.73. The second-order valence-corrected chi connectivity index (χ2v) is 6.19. The van der Waals surface area contributed by atoms with Gasteiger partial charge in [0.05, 0.1) is 24.2 Å². The standard InChI is InChI=1S/C23H19NO3/c25-23(14-15-26-17-8-2-1-3-9-17)27-16-22-20-12-5-4-10-18(20)19-11-6-7-13-21(19)24-22/h1-13H,14-16H2. The predicted molar refractivity (Wildman–Crippen MR) is 106 cm³/mol. The maximum Gasteiger partial charge on any atom is 0.309 e. The summed E-state index contributed by atoms with van der Waals surface area (Å²) in [6.07, 6.45) is 0.195. The van der Waals surface area contributed by atoms with Gasteiger partial charge >= 0.3 is 5.97 Å². The van der Waals surface area contributed by atoms with Crippen LogP contribution in [0.2, 0.25) is 0 Å². The molecule has 0 saturated heterocycles. The number of pyridine rings is 1. The summed E-state index contributed by atoms with van der Waals surface area (Å²) in [7, 11) is 0. The van der Waals surface area contributed by atoms with Crippen LogP contribution >= 0.6 is 0 Å². The van der Waals surface area contributed by atoms with Gasteiger partial charge in [0.1, 0.15) is 12.4 Å². The molecule has 1 heterocycles. The first-order valence-electron chi connectivity index (χ1n) is 8.91. The maximum atomic E-state index is 12.1. The van der Waals surface area contributed by atoms with Crippen molar-refractivity contribution in [3.63, 3.8) is 0 Å². The van der Waals surface area contributed by atoms with Crippen molar-refractivity contribution in [2.24, 2.45) is 0 Å². The summed E-state index contributed by atoms with van der Waals surface area (Å²) in [5, 5.41) is 3.21. The molecule has 0 aliphatic carbocycles. The summed E-state index contributed by atoms with van der Waals surface area (Å²) >= 11 is 0. The van der Waals surface area contributed by atoms with Crippen LogP contribution in [0.4, 0.5) is 0 Å². The molecule has 27 heavy (non-hydrogen) atoms. The molecule has 0 bridgehead atoms. The molecule has 4 rings (SSSR count). The van der Waals surface area contributed by atoms with Crippen molar-refractivity contribution in [3.05, 3.63) is 84.6 Å². The highest BCUT2D eigenvalue weighted by Crippen LogP contribution is 2.26. The summed E-state index contributed by atoms with van der Waals surface area (Å²) in [5.41, 5.74) is 1.66. The molecule has 4 heteroatoms. The number of nitrogens with zero attached hydrogens (tertiary/aromatic N) is 1. The van der Waals surface area contributed by atoms with Crippen molar-refractivity contribution >= 4 is 27.6 Å². The first-order valence-corrected chi connectivity index (χ1v) is 8.91. The molecule has 0 aliphatic heterocycles. The highest BCUT2D eigenvalue weighted by molar-refractivity contribution is 6.06. The topological polar surface area (TPSA) is 48.4 Å². The fraction of sp³-hybridized carbons (Fsp3) is 0.130. The van der Waals surface area contributed by atoms with Crippen molar-refractivity contribution in [3.8, 4) is 5.75 Å². The third-order valence-corrected chi connectivity index (χ3v) is 4.38. The van der Waals surface area contributed by atoms with E-state index in [0.717, 1.165) is 33.1 Å². The molecule has 0 atom stereocenters. The minimum atomic E-state index is -0.301. The SMILES string of the molecule is O=C(CCOc1ccccc1)OCc1nc2ccccc2c2ccccc12. The van der Waals surface area contributed by atoms with E-state index in [9.17, 15) is 4.79 Å². The van der Waals surface area contributed by atoms with E-state index in [2.05, 4.69) is 12.1 Å². The van der Waals surface area contributed by atoms with E-state index in [1.807, 2.05) is 66.7 Å². The number of carbonyl (C=O) groups excluding carboxylic acids is 1. The first kappa shape index (κ1) is 17.0. The molecular weight excluding hydrogens is 338 g/mol. The smallest absolute Gasteiger partial charge is 0.309 e. The van der Waals surface area contributed by atoms with E-state index < -0.39 is 0 Å². The first-order chi connectivity index (χ1) is 13.3. The van der Waals surface area contributed by atoms with Crippen molar-refractivity contribution in [2.75, 3.05) is 6.61 Å². The lowest BCUT2D eigenvalue weighted by molar-refractivity contribution is -0.145. The Morgan fingerprint density at radius 2 is 1.44 bits per heavy atom. The Kier molecular flexibility index (Phi) is 4.97. The molecule has 0 spiro atoms. The molecule has 0 aliphatic rings. The zero-order valence-electron chi connectivity index (χ0n) is 14.8. The highest BCUT2D eigenvalue weighted by atomic mass is 16.5. The van der Waals surface area contributed by atoms with Crippen LogP contribution in [-0.2, 0) is 16.1 Å². The van der Waals surface area contributed by atoms with Crippen LogP contribution in [0, 0.1) is 0 Å². The Hall–Kier alpha value is -3.40. The van der Waals surface area contributed by atoms with Crippen LogP contribution in [0.5, 0.6) is 5.75 Å². The van der Waals surface area contributed by atoms with Gasteiger partial charge in [-0.05, 0) is 23.6 Å². The Morgan fingerprint density at radius 3 is 2.26 bits per heavy atom. The van der Waals surface area contributed by atoms with Gasteiger partial charge in [0.2, 0.25) is 0 Å². The number of carbonyl (C=O) groups is 1.